The van der Waals surface area contributed by atoms with E-state index in [1.165, 1.54) is 0 Å². The van der Waals surface area contributed by atoms with E-state index in [1.54, 1.807) is 0 Å². The van der Waals surface area contributed by atoms with Gasteiger partial charge in [0.15, 0.2) is 6.29 Å². The third-order valence-corrected chi connectivity index (χ3v) is 2.02. The first-order valence-corrected chi connectivity index (χ1v) is 4.33. The predicted octanol–water partition coefficient (Wildman–Crippen LogP) is 1.39. The second kappa shape index (κ2) is 4.88. The number of hydrogen-bond acceptors (Lipinski definition) is 5. The van der Waals surface area contributed by atoms with Crippen molar-refractivity contribution in [3.05, 3.63) is 45.7 Å². The number of carboxylic acid groups (broad SMARTS) is 1. The van der Waals surface area contributed by atoms with Crippen LogP contribution in [0.25, 0.3) is 5.57 Å². The number of carbonyl (C=O) groups excluding carboxylic acids is 1. The second-order valence-electron chi connectivity index (χ2n) is 3.00. The van der Waals surface area contributed by atoms with Gasteiger partial charge >= 0.3 is 5.97 Å². The first-order chi connectivity index (χ1) is 8.01. The summed E-state index contributed by atoms with van der Waals surface area (Å²) in [5.41, 5.74) is -1.28. The van der Waals surface area contributed by atoms with Gasteiger partial charge in [-0.15, -0.1) is 0 Å². The lowest BCUT2D eigenvalue weighted by atomic mass is 10.0. The Morgan fingerprint density at radius 2 is 2.06 bits per heavy atom. The lowest BCUT2D eigenvalue weighted by molar-refractivity contribution is -0.385. The fourth-order valence-corrected chi connectivity index (χ4v) is 1.22. The van der Waals surface area contributed by atoms with E-state index in [9.17, 15) is 19.7 Å². The Morgan fingerprint density at radius 1 is 1.41 bits per heavy atom. The molecule has 0 heterocycles. The monoisotopic (exact) mass is 237 g/mol. The van der Waals surface area contributed by atoms with E-state index in [4.69, 9.17) is 10.2 Å². The van der Waals surface area contributed by atoms with Crippen molar-refractivity contribution in [2.45, 2.75) is 0 Å². The van der Waals surface area contributed by atoms with Crippen LogP contribution < -0.4 is 0 Å². The van der Waals surface area contributed by atoms with Crippen molar-refractivity contribution < 1.29 is 24.7 Å². The van der Waals surface area contributed by atoms with Crippen LogP contribution in [-0.4, -0.2) is 27.4 Å². The quantitative estimate of drug-likeness (QED) is 0.268. The third-order valence-electron chi connectivity index (χ3n) is 2.02. The van der Waals surface area contributed by atoms with Gasteiger partial charge in [-0.1, -0.05) is 0 Å². The smallest absolute Gasteiger partial charge is 0.335 e. The number of rotatable bonds is 4. The van der Waals surface area contributed by atoms with Crippen LogP contribution in [0, 0.1) is 10.1 Å². The molecule has 0 aliphatic heterocycles. The zero-order valence-electron chi connectivity index (χ0n) is 8.36. The molecule has 0 amide bonds. The molecule has 0 unspecified atom stereocenters. The number of aliphatic hydroxyl groups is 1. The molecule has 0 fully saturated rings. The Labute approximate surface area is 94.8 Å². The summed E-state index contributed by atoms with van der Waals surface area (Å²) in [7, 11) is 0. The SMILES string of the molecule is O=C/C(=C\O)c1cc(C(=O)O)ccc1[N+](=O)[O-]. The molecule has 0 aliphatic carbocycles. The van der Waals surface area contributed by atoms with E-state index in [-0.39, 0.29) is 23.0 Å². The molecule has 0 aliphatic rings. The van der Waals surface area contributed by atoms with Gasteiger partial charge in [0.2, 0.25) is 0 Å². The molecule has 0 atom stereocenters. The maximum atomic E-state index is 10.7. The van der Waals surface area contributed by atoms with Crippen molar-refractivity contribution in [3.63, 3.8) is 0 Å². The van der Waals surface area contributed by atoms with E-state index in [0.717, 1.165) is 18.2 Å². The normalized spacial score (nSPS) is 10.9. The van der Waals surface area contributed by atoms with Crippen molar-refractivity contribution in [1.29, 1.82) is 0 Å². The van der Waals surface area contributed by atoms with Gasteiger partial charge in [0, 0.05) is 6.07 Å². The minimum Gasteiger partial charge on any atom is -0.515 e. The summed E-state index contributed by atoms with van der Waals surface area (Å²) < 4.78 is 0. The van der Waals surface area contributed by atoms with Gasteiger partial charge in [-0.3, -0.25) is 14.9 Å². The minimum absolute atomic E-state index is 0.202. The lowest BCUT2D eigenvalue weighted by Gasteiger charge is -2.02. The molecule has 0 radical (unpaired) electrons. The first-order valence-electron chi connectivity index (χ1n) is 4.33. The largest absolute Gasteiger partial charge is 0.515 e. The number of carboxylic acids is 1. The van der Waals surface area contributed by atoms with Crippen LogP contribution in [0.2, 0.25) is 0 Å². The molecular weight excluding hydrogens is 230 g/mol. The maximum Gasteiger partial charge on any atom is 0.335 e. The van der Waals surface area contributed by atoms with Crippen molar-refractivity contribution in [1.82, 2.24) is 0 Å². The second-order valence-corrected chi connectivity index (χ2v) is 3.00. The zero-order chi connectivity index (χ0) is 13.0. The Morgan fingerprint density at radius 3 is 2.47 bits per heavy atom. The van der Waals surface area contributed by atoms with Crippen LogP contribution in [0.15, 0.2) is 24.5 Å². The molecule has 7 nitrogen and oxygen atoms in total. The van der Waals surface area contributed by atoms with Gasteiger partial charge < -0.3 is 10.2 Å². The third kappa shape index (κ3) is 2.46. The van der Waals surface area contributed by atoms with E-state index in [2.05, 4.69) is 0 Å². The summed E-state index contributed by atoms with van der Waals surface area (Å²) in [4.78, 5) is 31.2. The molecule has 7 heteroatoms. The number of carbonyl (C=O) groups is 2. The molecule has 1 rings (SSSR count). The van der Waals surface area contributed by atoms with Gasteiger partial charge in [0.1, 0.15) is 0 Å². The molecule has 0 aromatic heterocycles. The number of nitro groups is 1. The van der Waals surface area contributed by atoms with Gasteiger partial charge in [-0.05, 0) is 12.1 Å². The average molecular weight is 237 g/mol. The fraction of sp³-hybridized carbons (Fsp3) is 0. The van der Waals surface area contributed by atoms with Crippen molar-refractivity contribution in [2.75, 3.05) is 0 Å². The molecule has 0 saturated carbocycles. The number of nitrogens with zero attached hydrogens (tertiary/aromatic N) is 1. The van der Waals surface area contributed by atoms with Crippen LogP contribution >= 0.6 is 0 Å². The number of aliphatic hydroxyl groups excluding tert-OH is 1. The van der Waals surface area contributed by atoms with Gasteiger partial charge in [-0.25, -0.2) is 4.79 Å². The minimum atomic E-state index is -1.29. The Bertz CT molecular complexity index is 520. The first kappa shape index (κ1) is 12.4. The van der Waals surface area contributed by atoms with Crippen LogP contribution in [0.4, 0.5) is 5.69 Å². The van der Waals surface area contributed by atoms with Gasteiger partial charge in [0.05, 0.1) is 27.9 Å². The molecule has 1 aromatic rings. The number of allylic oxidation sites excluding steroid dienone is 1. The summed E-state index contributed by atoms with van der Waals surface area (Å²) in [6.07, 6.45) is 0.592. The Kier molecular flexibility index (Phi) is 3.55. The summed E-state index contributed by atoms with van der Waals surface area (Å²) >= 11 is 0. The van der Waals surface area contributed by atoms with Crippen LogP contribution in [-0.2, 0) is 4.79 Å². The fourth-order valence-electron chi connectivity index (χ4n) is 1.22. The maximum absolute atomic E-state index is 10.7. The topological polar surface area (TPSA) is 118 Å². The van der Waals surface area contributed by atoms with Crippen molar-refractivity contribution in [3.8, 4) is 0 Å². The molecule has 0 bridgehead atoms. The Balaban J connectivity index is 3.50. The van der Waals surface area contributed by atoms with Crippen LogP contribution in [0.5, 0.6) is 0 Å². The number of hydrogen-bond donors (Lipinski definition) is 2. The highest BCUT2D eigenvalue weighted by molar-refractivity contribution is 6.08. The molecule has 0 saturated heterocycles. The van der Waals surface area contributed by atoms with E-state index >= 15 is 0 Å². The van der Waals surface area contributed by atoms with Crippen LogP contribution in [0.3, 0.4) is 0 Å². The van der Waals surface area contributed by atoms with Crippen molar-refractivity contribution >= 4 is 23.5 Å². The standard InChI is InChI=1S/C10H7NO6/c12-4-7(5-13)8-3-6(10(14)15)1-2-9(8)11(16)17/h1-5,12H,(H,14,15)/b7-4+. The van der Waals surface area contributed by atoms with Gasteiger partial charge in [0.25, 0.3) is 5.69 Å². The highest BCUT2D eigenvalue weighted by Gasteiger charge is 2.19. The summed E-state index contributed by atoms with van der Waals surface area (Å²) in [6.45, 7) is 0. The van der Waals surface area contributed by atoms with Gasteiger partial charge in [-0.2, -0.15) is 0 Å². The molecule has 17 heavy (non-hydrogen) atoms. The van der Waals surface area contributed by atoms with E-state index in [0.29, 0.717) is 6.26 Å². The van der Waals surface area contributed by atoms with E-state index in [1.807, 2.05) is 0 Å². The lowest BCUT2D eigenvalue weighted by Crippen LogP contribution is -2.01. The zero-order valence-corrected chi connectivity index (χ0v) is 8.36. The molecule has 88 valence electrons. The number of nitro benzene ring substituents is 1. The highest BCUT2D eigenvalue weighted by Crippen LogP contribution is 2.25. The van der Waals surface area contributed by atoms with Crippen LogP contribution in [0.1, 0.15) is 15.9 Å². The number of benzene rings is 1. The highest BCUT2D eigenvalue weighted by atomic mass is 16.6. The summed E-state index contributed by atoms with van der Waals surface area (Å²) in [5.74, 6) is -1.29. The predicted molar refractivity (Wildman–Crippen MR) is 56.7 cm³/mol. The molecule has 0 spiro atoms. The molecular formula is C10H7NO6. The number of aromatic carboxylic acids is 1. The summed E-state index contributed by atoms with van der Waals surface area (Å²) in [6, 6.07) is 2.96. The van der Waals surface area contributed by atoms with Crippen molar-refractivity contribution in [2.24, 2.45) is 0 Å². The average Bonchev–Trinajstić information content (AvgIpc) is 2.30. The molecule has 1 aromatic carbocycles. The summed E-state index contributed by atoms with van der Waals surface area (Å²) in [5, 5.41) is 28.2. The Hall–Kier alpha value is -2.70. The number of aldehydes is 1. The molecule has 2 N–H and O–H groups in total. The van der Waals surface area contributed by atoms with E-state index < -0.39 is 16.6 Å².